The van der Waals surface area contributed by atoms with Crippen molar-refractivity contribution in [2.45, 2.75) is 13.3 Å². The number of aryl methyl sites for hydroxylation is 1. The maximum absolute atomic E-state index is 5.98. The van der Waals surface area contributed by atoms with Gasteiger partial charge in [-0.3, -0.25) is 0 Å². The van der Waals surface area contributed by atoms with E-state index in [4.69, 9.17) is 26.8 Å². The van der Waals surface area contributed by atoms with E-state index in [-0.39, 0.29) is 0 Å². The van der Waals surface area contributed by atoms with Crippen LogP contribution in [-0.4, -0.2) is 19.8 Å². The monoisotopic (exact) mass is 305 g/mol. The summed E-state index contributed by atoms with van der Waals surface area (Å²) in [6.07, 6.45) is 0.813. The summed E-state index contributed by atoms with van der Waals surface area (Å²) in [6.45, 7) is 3.54. The summed E-state index contributed by atoms with van der Waals surface area (Å²) in [5, 5.41) is 0.745. The molecule has 0 aliphatic rings. The van der Waals surface area contributed by atoms with Gasteiger partial charge in [0.15, 0.2) is 0 Å². The van der Waals surface area contributed by atoms with Gasteiger partial charge in [-0.15, -0.1) is 0 Å². The lowest BCUT2D eigenvalue weighted by Crippen LogP contribution is -2.11. The molecule has 0 unspecified atom stereocenters. The van der Waals surface area contributed by atoms with E-state index in [1.165, 1.54) is 0 Å². The van der Waals surface area contributed by atoms with Gasteiger partial charge >= 0.3 is 0 Å². The Morgan fingerprint density at radius 2 is 1.81 bits per heavy atom. The zero-order valence-corrected chi connectivity index (χ0v) is 12.9. The van der Waals surface area contributed by atoms with E-state index >= 15 is 0 Å². The van der Waals surface area contributed by atoms with Gasteiger partial charge in [0.2, 0.25) is 0 Å². The molecular weight excluding hydrogens is 286 g/mol. The molecule has 0 aromatic heterocycles. The highest BCUT2D eigenvalue weighted by Gasteiger charge is 2.02. The number of hydrogen-bond donors (Lipinski definition) is 1. The maximum Gasteiger partial charge on any atom is 0.122 e. The number of nitrogens with two attached hydrogens (primary N) is 1. The lowest BCUT2D eigenvalue weighted by atomic mass is 10.1. The van der Waals surface area contributed by atoms with Crippen LogP contribution in [0.1, 0.15) is 11.1 Å². The fraction of sp³-hybridized carbons (Fsp3) is 0.294. The molecule has 0 radical (unpaired) electrons. The van der Waals surface area contributed by atoms with Gasteiger partial charge in [-0.25, -0.2) is 0 Å². The molecule has 2 aromatic rings. The van der Waals surface area contributed by atoms with Crippen molar-refractivity contribution in [1.82, 2.24) is 0 Å². The number of para-hydroxylation sites is 1. The van der Waals surface area contributed by atoms with Crippen molar-refractivity contribution in [3.8, 4) is 11.5 Å². The first-order valence-corrected chi connectivity index (χ1v) is 7.38. The molecule has 0 bridgehead atoms. The molecule has 0 atom stereocenters. The molecule has 0 fully saturated rings. The Hall–Kier alpha value is -1.71. The minimum Gasteiger partial charge on any atom is -0.490 e. The van der Waals surface area contributed by atoms with E-state index in [9.17, 15) is 0 Å². The Morgan fingerprint density at radius 3 is 2.57 bits per heavy atom. The molecule has 2 rings (SSSR count). The second-order valence-electron chi connectivity index (χ2n) is 4.75. The highest BCUT2D eigenvalue weighted by molar-refractivity contribution is 6.31. The van der Waals surface area contributed by atoms with E-state index in [1.807, 2.05) is 49.4 Å². The number of ether oxygens (including phenoxy) is 2. The van der Waals surface area contributed by atoms with Crippen LogP contribution < -0.4 is 15.2 Å². The van der Waals surface area contributed by atoms with Crippen LogP contribution >= 0.6 is 11.6 Å². The van der Waals surface area contributed by atoms with Crippen LogP contribution in [0, 0.1) is 6.92 Å². The van der Waals surface area contributed by atoms with E-state index in [0.717, 1.165) is 34.1 Å². The summed E-state index contributed by atoms with van der Waals surface area (Å²) in [7, 11) is 0. The van der Waals surface area contributed by atoms with E-state index in [1.54, 1.807) is 0 Å². The predicted octanol–water partition coefficient (Wildman–Crippen LogP) is 3.61. The molecule has 2 N–H and O–H groups in total. The van der Waals surface area contributed by atoms with Gasteiger partial charge in [0.1, 0.15) is 24.7 Å². The molecule has 112 valence electrons. The predicted molar refractivity (Wildman–Crippen MR) is 86.4 cm³/mol. The minimum absolute atomic E-state index is 0.484. The van der Waals surface area contributed by atoms with Crippen molar-refractivity contribution < 1.29 is 9.47 Å². The Balaban J connectivity index is 1.83. The summed E-state index contributed by atoms with van der Waals surface area (Å²) < 4.78 is 11.4. The Morgan fingerprint density at radius 1 is 1.05 bits per heavy atom. The summed E-state index contributed by atoms with van der Waals surface area (Å²) in [5.41, 5.74) is 7.73. The van der Waals surface area contributed by atoms with Crippen molar-refractivity contribution >= 4 is 11.6 Å². The van der Waals surface area contributed by atoms with E-state index in [2.05, 4.69) is 0 Å². The van der Waals surface area contributed by atoms with Gasteiger partial charge < -0.3 is 15.2 Å². The van der Waals surface area contributed by atoms with Crippen LogP contribution in [0.4, 0.5) is 0 Å². The molecule has 21 heavy (non-hydrogen) atoms. The molecular formula is C17H20ClNO2. The third-order valence-electron chi connectivity index (χ3n) is 3.13. The molecule has 0 saturated heterocycles. The van der Waals surface area contributed by atoms with Crippen molar-refractivity contribution in [2.75, 3.05) is 19.8 Å². The third-order valence-corrected chi connectivity index (χ3v) is 3.55. The van der Waals surface area contributed by atoms with Gasteiger partial charge in [0.05, 0.1) is 0 Å². The fourth-order valence-corrected chi connectivity index (χ4v) is 2.14. The van der Waals surface area contributed by atoms with Crippen molar-refractivity contribution in [2.24, 2.45) is 5.73 Å². The minimum atomic E-state index is 0.484. The van der Waals surface area contributed by atoms with E-state index in [0.29, 0.717) is 19.8 Å². The van der Waals surface area contributed by atoms with Gasteiger partial charge in [-0.05, 0) is 55.3 Å². The number of hydrogen-bond acceptors (Lipinski definition) is 3. The molecule has 0 amide bonds. The summed E-state index contributed by atoms with van der Waals surface area (Å²) in [4.78, 5) is 0. The molecule has 2 aromatic carbocycles. The van der Waals surface area contributed by atoms with Gasteiger partial charge in [-0.2, -0.15) is 0 Å². The highest BCUT2D eigenvalue weighted by Crippen LogP contribution is 2.21. The fourth-order valence-electron chi connectivity index (χ4n) is 2.02. The molecule has 0 aliphatic carbocycles. The Labute approximate surface area is 130 Å². The molecule has 3 nitrogen and oxygen atoms in total. The zero-order valence-electron chi connectivity index (χ0n) is 12.1. The number of halogens is 1. The van der Waals surface area contributed by atoms with Gasteiger partial charge in [0, 0.05) is 5.02 Å². The average Bonchev–Trinajstić information content (AvgIpc) is 2.49. The normalized spacial score (nSPS) is 10.4. The van der Waals surface area contributed by atoms with Crippen LogP contribution in [0.25, 0.3) is 0 Å². The Bertz CT molecular complexity index is 587. The smallest absolute Gasteiger partial charge is 0.122 e. The zero-order chi connectivity index (χ0) is 15.1. The second kappa shape index (κ2) is 7.91. The van der Waals surface area contributed by atoms with E-state index < -0.39 is 0 Å². The van der Waals surface area contributed by atoms with Crippen molar-refractivity contribution in [3.63, 3.8) is 0 Å². The van der Waals surface area contributed by atoms with Gasteiger partial charge in [0.25, 0.3) is 0 Å². The topological polar surface area (TPSA) is 44.5 Å². The summed E-state index contributed by atoms with van der Waals surface area (Å²) in [5.74, 6) is 1.68. The van der Waals surface area contributed by atoms with Crippen molar-refractivity contribution in [3.05, 3.63) is 58.6 Å². The lowest BCUT2D eigenvalue weighted by molar-refractivity contribution is 0.216. The number of rotatable bonds is 7. The lowest BCUT2D eigenvalue weighted by Gasteiger charge is -2.12. The molecule has 0 heterocycles. The van der Waals surface area contributed by atoms with Crippen LogP contribution in [0.5, 0.6) is 11.5 Å². The second-order valence-corrected chi connectivity index (χ2v) is 5.16. The maximum atomic E-state index is 5.98. The first-order chi connectivity index (χ1) is 10.2. The molecule has 0 aliphatic heterocycles. The molecule has 0 saturated carbocycles. The SMILES string of the molecule is Cc1cc(OCCOc2ccccc2CCN)ccc1Cl. The largest absolute Gasteiger partial charge is 0.490 e. The first kappa shape index (κ1) is 15.7. The quantitative estimate of drug-likeness (QED) is 0.795. The van der Waals surface area contributed by atoms with Crippen LogP contribution in [-0.2, 0) is 6.42 Å². The third kappa shape index (κ3) is 4.66. The van der Waals surface area contributed by atoms with Crippen LogP contribution in [0.15, 0.2) is 42.5 Å². The molecule has 0 spiro atoms. The van der Waals surface area contributed by atoms with Gasteiger partial charge in [-0.1, -0.05) is 29.8 Å². The first-order valence-electron chi connectivity index (χ1n) is 7.00. The standard InChI is InChI=1S/C17H20ClNO2/c1-13-12-15(6-7-16(13)18)20-10-11-21-17-5-3-2-4-14(17)8-9-19/h2-7,12H,8-11,19H2,1H3. The number of benzene rings is 2. The van der Waals surface area contributed by atoms with Crippen molar-refractivity contribution in [1.29, 1.82) is 0 Å². The van der Waals surface area contributed by atoms with Crippen LogP contribution in [0.2, 0.25) is 5.02 Å². The highest BCUT2D eigenvalue weighted by atomic mass is 35.5. The van der Waals surface area contributed by atoms with Crippen LogP contribution in [0.3, 0.4) is 0 Å². The average molecular weight is 306 g/mol. The summed E-state index contributed by atoms with van der Waals surface area (Å²) >= 11 is 5.98. The molecule has 4 heteroatoms. The summed E-state index contributed by atoms with van der Waals surface area (Å²) in [6, 6.07) is 13.6. The Kier molecular flexibility index (Phi) is 5.90.